The third kappa shape index (κ3) is 3.60. The number of hydrogen-bond acceptors (Lipinski definition) is 3. The number of halogens is 2. The maximum Gasteiger partial charge on any atom is 0.266 e. The van der Waals surface area contributed by atoms with Crippen LogP contribution in [0, 0.1) is 29.6 Å². The van der Waals surface area contributed by atoms with Gasteiger partial charge in [0.15, 0.2) is 0 Å². The molecule has 1 amide bonds. The number of anilines is 1. The topological polar surface area (TPSA) is 81.6 Å². The highest BCUT2D eigenvalue weighted by Gasteiger charge is 2.14. The summed E-state index contributed by atoms with van der Waals surface area (Å²) >= 11 is 11.9. The van der Waals surface area contributed by atoms with E-state index >= 15 is 0 Å². The number of aromatic nitrogens is 1. The molecule has 7 heteroatoms. The Morgan fingerprint density at radius 3 is 2.58 bits per heavy atom. The van der Waals surface area contributed by atoms with Gasteiger partial charge >= 0.3 is 0 Å². The average molecular weight is 359 g/mol. The van der Waals surface area contributed by atoms with Crippen LogP contribution in [0.25, 0.3) is 6.08 Å². The molecule has 0 aliphatic carbocycles. The summed E-state index contributed by atoms with van der Waals surface area (Å²) < 4.78 is 1.69. The average Bonchev–Trinajstić information content (AvgIpc) is 2.83. The van der Waals surface area contributed by atoms with Crippen LogP contribution in [0.3, 0.4) is 0 Å². The summed E-state index contributed by atoms with van der Waals surface area (Å²) in [4.78, 5) is 12.3. The van der Waals surface area contributed by atoms with Crippen LogP contribution in [0.15, 0.2) is 29.8 Å². The van der Waals surface area contributed by atoms with Crippen molar-refractivity contribution >= 4 is 40.9 Å². The molecule has 0 radical (unpaired) electrons. The van der Waals surface area contributed by atoms with Gasteiger partial charge in [0.2, 0.25) is 0 Å². The van der Waals surface area contributed by atoms with E-state index in [1.807, 2.05) is 12.1 Å². The molecule has 0 unspecified atom stereocenters. The predicted molar refractivity (Wildman–Crippen MR) is 93.5 cm³/mol. The molecule has 0 fully saturated rings. The Kier molecular flexibility index (Phi) is 5.31. The number of benzene rings is 1. The SMILES string of the molecule is Cc1c(/C=C(\C#N)C(=O)Nc2cc(Cl)ccc2Cl)cc(C#N)n1C. The molecule has 0 saturated heterocycles. The lowest BCUT2D eigenvalue weighted by molar-refractivity contribution is -0.112. The number of amides is 1. The first-order valence-electron chi connectivity index (χ1n) is 6.82. The highest BCUT2D eigenvalue weighted by Crippen LogP contribution is 2.26. The van der Waals surface area contributed by atoms with Crippen molar-refractivity contribution in [3.05, 3.63) is 56.8 Å². The summed E-state index contributed by atoms with van der Waals surface area (Å²) in [5.41, 5.74) is 2.04. The predicted octanol–water partition coefficient (Wildman–Crippen LogP) is 4.06. The fourth-order valence-corrected chi connectivity index (χ4v) is 2.40. The molecule has 1 aromatic heterocycles. The Morgan fingerprint density at radius 1 is 1.29 bits per heavy atom. The zero-order valence-electron chi connectivity index (χ0n) is 12.9. The van der Waals surface area contributed by atoms with E-state index in [1.165, 1.54) is 12.1 Å². The summed E-state index contributed by atoms with van der Waals surface area (Å²) in [7, 11) is 1.74. The smallest absolute Gasteiger partial charge is 0.266 e. The van der Waals surface area contributed by atoms with Crippen LogP contribution >= 0.6 is 23.2 Å². The molecule has 120 valence electrons. The molecule has 2 aromatic rings. The van der Waals surface area contributed by atoms with Gasteiger partial charge in [-0.25, -0.2) is 0 Å². The van der Waals surface area contributed by atoms with Gasteiger partial charge in [-0.2, -0.15) is 10.5 Å². The van der Waals surface area contributed by atoms with Crippen LogP contribution in [-0.4, -0.2) is 10.5 Å². The van der Waals surface area contributed by atoms with Crippen LogP contribution in [0.4, 0.5) is 5.69 Å². The van der Waals surface area contributed by atoms with E-state index in [0.717, 1.165) is 5.69 Å². The number of nitriles is 2. The maximum absolute atomic E-state index is 12.3. The van der Waals surface area contributed by atoms with Gasteiger partial charge < -0.3 is 9.88 Å². The molecule has 0 spiro atoms. The van der Waals surface area contributed by atoms with E-state index in [4.69, 9.17) is 28.5 Å². The molecule has 5 nitrogen and oxygen atoms in total. The van der Waals surface area contributed by atoms with E-state index in [-0.39, 0.29) is 5.57 Å². The quantitative estimate of drug-likeness (QED) is 0.663. The number of carbonyl (C=O) groups excluding carboxylic acids is 1. The monoisotopic (exact) mass is 358 g/mol. The normalized spacial score (nSPS) is 10.8. The second-order valence-corrected chi connectivity index (χ2v) is 5.83. The van der Waals surface area contributed by atoms with Crippen LogP contribution in [0.5, 0.6) is 0 Å². The zero-order valence-corrected chi connectivity index (χ0v) is 14.4. The van der Waals surface area contributed by atoms with Gasteiger partial charge in [-0.05, 0) is 42.8 Å². The molecule has 0 bridgehead atoms. The first-order chi connectivity index (χ1) is 11.4. The van der Waals surface area contributed by atoms with Crippen LogP contribution in [-0.2, 0) is 11.8 Å². The minimum absolute atomic E-state index is 0.107. The number of carbonyl (C=O) groups is 1. The van der Waals surface area contributed by atoms with Gasteiger partial charge in [-0.15, -0.1) is 0 Å². The van der Waals surface area contributed by atoms with Crippen molar-refractivity contribution in [1.82, 2.24) is 4.57 Å². The lowest BCUT2D eigenvalue weighted by Gasteiger charge is -2.07. The van der Waals surface area contributed by atoms with Crippen molar-refractivity contribution in [3.63, 3.8) is 0 Å². The molecule has 0 atom stereocenters. The van der Waals surface area contributed by atoms with Gasteiger partial charge in [-0.1, -0.05) is 23.2 Å². The van der Waals surface area contributed by atoms with Crippen molar-refractivity contribution in [2.45, 2.75) is 6.92 Å². The first-order valence-corrected chi connectivity index (χ1v) is 7.57. The minimum atomic E-state index is -0.608. The summed E-state index contributed by atoms with van der Waals surface area (Å²) in [6.45, 7) is 1.80. The Balaban J connectivity index is 2.35. The van der Waals surface area contributed by atoms with E-state index < -0.39 is 5.91 Å². The van der Waals surface area contributed by atoms with E-state index in [0.29, 0.717) is 27.0 Å². The molecule has 1 heterocycles. The minimum Gasteiger partial charge on any atom is -0.339 e. The van der Waals surface area contributed by atoms with Crippen LogP contribution in [0.2, 0.25) is 10.0 Å². The number of nitrogens with zero attached hydrogens (tertiary/aromatic N) is 3. The Morgan fingerprint density at radius 2 is 2.00 bits per heavy atom. The molecule has 0 saturated carbocycles. The number of nitrogens with one attached hydrogen (secondary N) is 1. The van der Waals surface area contributed by atoms with E-state index in [1.54, 1.807) is 36.7 Å². The van der Waals surface area contributed by atoms with Crippen molar-refractivity contribution in [1.29, 1.82) is 10.5 Å². The second-order valence-electron chi connectivity index (χ2n) is 4.99. The highest BCUT2D eigenvalue weighted by atomic mass is 35.5. The Bertz CT molecular complexity index is 929. The second kappa shape index (κ2) is 7.23. The molecule has 2 rings (SSSR count). The van der Waals surface area contributed by atoms with Crippen molar-refractivity contribution in [2.24, 2.45) is 7.05 Å². The van der Waals surface area contributed by atoms with Crippen molar-refractivity contribution in [3.8, 4) is 12.1 Å². The summed E-state index contributed by atoms with van der Waals surface area (Å²) in [6.07, 6.45) is 1.43. The van der Waals surface area contributed by atoms with Crippen LogP contribution in [0.1, 0.15) is 17.0 Å². The first kappa shape index (κ1) is 17.6. The van der Waals surface area contributed by atoms with E-state index in [2.05, 4.69) is 5.32 Å². The largest absolute Gasteiger partial charge is 0.339 e. The molecule has 1 aromatic carbocycles. The lowest BCUT2D eigenvalue weighted by Crippen LogP contribution is -2.13. The van der Waals surface area contributed by atoms with Crippen molar-refractivity contribution in [2.75, 3.05) is 5.32 Å². The fourth-order valence-electron chi connectivity index (χ4n) is 2.06. The molecule has 1 N–H and O–H groups in total. The Labute approximate surface area is 149 Å². The molecular weight excluding hydrogens is 347 g/mol. The zero-order chi connectivity index (χ0) is 17.9. The van der Waals surface area contributed by atoms with Crippen molar-refractivity contribution < 1.29 is 4.79 Å². The molecular formula is C17H12Cl2N4O. The molecule has 0 aliphatic rings. The maximum atomic E-state index is 12.3. The van der Waals surface area contributed by atoms with Gasteiger partial charge in [-0.3, -0.25) is 4.79 Å². The third-order valence-electron chi connectivity index (χ3n) is 3.53. The van der Waals surface area contributed by atoms with Crippen LogP contribution < -0.4 is 5.32 Å². The van der Waals surface area contributed by atoms with Gasteiger partial charge in [0.05, 0.1) is 10.7 Å². The number of rotatable bonds is 3. The number of hydrogen-bond donors (Lipinski definition) is 1. The van der Waals surface area contributed by atoms with Gasteiger partial charge in [0.1, 0.15) is 23.4 Å². The Hall–Kier alpha value is -2.73. The standard InChI is InChI=1S/C17H12Cl2N4O/c1-10-11(6-14(9-21)23(10)2)5-12(8-20)17(24)22-16-7-13(18)3-4-15(16)19/h3-7H,1-2H3,(H,22,24)/b12-5+. The summed E-state index contributed by atoms with van der Waals surface area (Å²) in [6, 6.07) is 10.2. The van der Waals surface area contributed by atoms with Gasteiger partial charge in [0.25, 0.3) is 5.91 Å². The summed E-state index contributed by atoms with van der Waals surface area (Å²) in [5.74, 6) is -0.608. The molecule has 24 heavy (non-hydrogen) atoms. The van der Waals surface area contributed by atoms with E-state index in [9.17, 15) is 10.1 Å². The molecule has 0 aliphatic heterocycles. The summed E-state index contributed by atoms with van der Waals surface area (Å²) in [5, 5.41) is 21.6. The third-order valence-corrected chi connectivity index (χ3v) is 4.10. The fraction of sp³-hybridized carbons (Fsp3) is 0.118. The van der Waals surface area contributed by atoms with Gasteiger partial charge in [0, 0.05) is 17.8 Å². The highest BCUT2D eigenvalue weighted by molar-refractivity contribution is 6.36. The lowest BCUT2D eigenvalue weighted by atomic mass is 10.1.